The minimum Gasteiger partial charge on any atom is -0.0845 e. The van der Waals surface area contributed by atoms with Crippen molar-refractivity contribution in [1.29, 1.82) is 0 Å². The molecule has 0 aromatic rings. The van der Waals surface area contributed by atoms with E-state index in [2.05, 4.69) is 6.92 Å². The van der Waals surface area contributed by atoms with Crippen LogP contribution in [-0.2, 0) is 0 Å². The first kappa shape index (κ1) is 35.7. The van der Waals surface area contributed by atoms with Gasteiger partial charge in [-0.25, -0.2) is 0 Å². The summed E-state index contributed by atoms with van der Waals surface area (Å²) in [5.41, 5.74) is 0. The second-order valence-electron chi connectivity index (χ2n) is 12.0. The van der Waals surface area contributed by atoms with Gasteiger partial charge in [0, 0.05) is 0 Å². The van der Waals surface area contributed by atoms with Gasteiger partial charge >= 0.3 is 0 Å². The molecule has 0 unspecified atom stereocenters. The van der Waals surface area contributed by atoms with E-state index in [0.29, 0.717) is 0 Å². The molecule has 0 aromatic carbocycles. The molecule has 0 aliphatic carbocycles. The first-order chi connectivity index (χ1) is 17.9. The largest absolute Gasteiger partial charge is 0.0845 e. The van der Waals surface area contributed by atoms with E-state index < -0.39 is 0 Å². The standard InChI is InChI=1S/C36H71/c1-3-5-7-9-11-13-15-17-19-21-23-25-27-29-31-33-35-36-34-32-30-28-26-24-22-20-18-16-14-12-10-8-6-4-2/h1,3H,4-36H2,2H3. The zero-order chi connectivity index (χ0) is 26.0. The Bertz CT molecular complexity index is 370. The molecule has 0 atom stereocenters. The zero-order valence-corrected chi connectivity index (χ0v) is 25.5. The van der Waals surface area contributed by atoms with Crippen molar-refractivity contribution in [3.63, 3.8) is 0 Å². The quantitative estimate of drug-likeness (QED) is 0.0781. The van der Waals surface area contributed by atoms with Gasteiger partial charge < -0.3 is 0 Å². The highest BCUT2D eigenvalue weighted by atomic mass is 14.0. The molecule has 0 heterocycles. The lowest BCUT2D eigenvalue weighted by atomic mass is 10.0. The van der Waals surface area contributed by atoms with Crippen LogP contribution in [0.1, 0.15) is 219 Å². The van der Waals surface area contributed by atoms with Crippen molar-refractivity contribution in [2.24, 2.45) is 0 Å². The van der Waals surface area contributed by atoms with Crippen molar-refractivity contribution in [1.82, 2.24) is 0 Å². The van der Waals surface area contributed by atoms with Crippen LogP contribution in [0.5, 0.6) is 0 Å². The van der Waals surface area contributed by atoms with Crippen LogP contribution in [0.3, 0.4) is 0 Å². The van der Waals surface area contributed by atoms with Crippen molar-refractivity contribution in [3.8, 4) is 0 Å². The molecule has 0 aromatic heterocycles. The van der Waals surface area contributed by atoms with Gasteiger partial charge in [-0.15, -0.1) is 0 Å². The average molecular weight is 504 g/mol. The Balaban J connectivity index is 3.00. The fourth-order valence-corrected chi connectivity index (χ4v) is 5.64. The monoisotopic (exact) mass is 504 g/mol. The van der Waals surface area contributed by atoms with Gasteiger partial charge in [0.15, 0.2) is 0 Å². The lowest BCUT2D eigenvalue weighted by Gasteiger charge is -2.04. The maximum absolute atomic E-state index is 5.42. The average Bonchev–Trinajstić information content (AvgIpc) is 2.89. The van der Waals surface area contributed by atoms with Crippen LogP contribution in [0.25, 0.3) is 0 Å². The Kier molecular flexibility index (Phi) is 34.5. The Morgan fingerprint density at radius 1 is 0.278 bits per heavy atom. The minimum atomic E-state index is 1.10. The molecule has 0 aliphatic rings. The summed E-state index contributed by atoms with van der Waals surface area (Å²) in [5, 5.41) is 0. The van der Waals surface area contributed by atoms with Gasteiger partial charge in [0.05, 0.1) is 0 Å². The van der Waals surface area contributed by atoms with Gasteiger partial charge in [-0.05, 0) is 12.8 Å². The Morgan fingerprint density at radius 3 is 0.611 bits per heavy atom. The van der Waals surface area contributed by atoms with E-state index in [1.165, 1.54) is 205 Å². The Labute approximate surface area is 231 Å². The van der Waals surface area contributed by atoms with Crippen LogP contribution < -0.4 is 0 Å². The third-order valence-electron chi connectivity index (χ3n) is 8.22. The molecule has 0 saturated heterocycles. The first-order valence-electron chi connectivity index (χ1n) is 17.4. The topological polar surface area (TPSA) is 0 Å². The molecule has 0 fully saturated rings. The van der Waals surface area contributed by atoms with Crippen LogP contribution in [0.2, 0.25) is 0 Å². The highest BCUT2D eigenvalue weighted by Crippen LogP contribution is 2.16. The van der Waals surface area contributed by atoms with E-state index >= 15 is 0 Å². The summed E-state index contributed by atoms with van der Waals surface area (Å²) in [5.74, 6) is 0. The van der Waals surface area contributed by atoms with Gasteiger partial charge in [0.25, 0.3) is 0 Å². The lowest BCUT2D eigenvalue weighted by molar-refractivity contribution is 0.512. The second kappa shape index (κ2) is 34.7. The van der Waals surface area contributed by atoms with Crippen LogP contribution >= 0.6 is 0 Å². The third-order valence-corrected chi connectivity index (χ3v) is 8.22. The molecule has 0 rings (SSSR count). The summed E-state index contributed by atoms with van der Waals surface area (Å²) in [6.45, 7) is 7.72. The second-order valence-corrected chi connectivity index (χ2v) is 12.0. The normalized spacial score (nSPS) is 11.4. The fraction of sp³-hybridized carbons (Fsp3) is 0.944. The maximum atomic E-state index is 5.42. The number of hydrogen-bond donors (Lipinski definition) is 0. The van der Waals surface area contributed by atoms with Crippen molar-refractivity contribution in [2.45, 2.75) is 219 Å². The summed E-state index contributed by atoms with van der Waals surface area (Å²) in [4.78, 5) is 0. The number of unbranched alkanes of at least 4 members (excludes halogenated alkanes) is 32. The molecule has 0 N–H and O–H groups in total. The highest BCUT2D eigenvalue weighted by Gasteiger charge is 1.97. The molecule has 0 amide bonds. The summed E-state index contributed by atoms with van der Waals surface area (Å²) in [7, 11) is 0. The SMILES string of the molecule is [CH]=CCCCCCCCCCCCCCCCCCCCCCCCCCCCCCCCCCC. The van der Waals surface area contributed by atoms with E-state index in [-0.39, 0.29) is 0 Å². The molecular formula is C36H71. The molecule has 1 radical (unpaired) electrons. The molecule has 0 heteroatoms. The zero-order valence-electron chi connectivity index (χ0n) is 25.5. The van der Waals surface area contributed by atoms with Crippen LogP contribution in [-0.4, -0.2) is 0 Å². The van der Waals surface area contributed by atoms with Gasteiger partial charge in [0.2, 0.25) is 0 Å². The van der Waals surface area contributed by atoms with Crippen LogP contribution in [0.15, 0.2) is 6.08 Å². The van der Waals surface area contributed by atoms with Crippen molar-refractivity contribution in [3.05, 3.63) is 12.7 Å². The Morgan fingerprint density at radius 2 is 0.444 bits per heavy atom. The van der Waals surface area contributed by atoms with Crippen LogP contribution in [0.4, 0.5) is 0 Å². The minimum absolute atomic E-state index is 1.10. The predicted octanol–water partition coefficient (Wildman–Crippen LogP) is 13.9. The lowest BCUT2D eigenvalue weighted by Crippen LogP contribution is -1.85. The molecule has 0 nitrogen and oxygen atoms in total. The van der Waals surface area contributed by atoms with Crippen molar-refractivity contribution < 1.29 is 0 Å². The number of rotatable bonds is 33. The third kappa shape index (κ3) is 33.7. The molecule has 0 saturated carbocycles. The number of hydrogen-bond acceptors (Lipinski definition) is 0. The van der Waals surface area contributed by atoms with Gasteiger partial charge in [0.1, 0.15) is 0 Å². The summed E-state index contributed by atoms with van der Waals surface area (Å²) < 4.78 is 0. The predicted molar refractivity (Wildman–Crippen MR) is 167 cm³/mol. The van der Waals surface area contributed by atoms with E-state index in [1.54, 1.807) is 0 Å². The van der Waals surface area contributed by atoms with E-state index in [0.717, 1.165) is 6.42 Å². The van der Waals surface area contributed by atoms with Crippen molar-refractivity contribution >= 4 is 0 Å². The summed E-state index contributed by atoms with van der Waals surface area (Å²) in [6, 6.07) is 0. The highest BCUT2D eigenvalue weighted by molar-refractivity contribution is 4.61. The molecule has 36 heavy (non-hydrogen) atoms. The Hall–Kier alpha value is -0.260. The van der Waals surface area contributed by atoms with Gasteiger partial charge in [-0.1, -0.05) is 219 Å². The van der Waals surface area contributed by atoms with Crippen LogP contribution in [0, 0.1) is 6.58 Å². The summed E-state index contributed by atoms with van der Waals surface area (Å²) in [6.07, 6.45) is 49.8. The van der Waals surface area contributed by atoms with E-state index in [1.807, 2.05) is 6.08 Å². The van der Waals surface area contributed by atoms with Gasteiger partial charge in [-0.3, -0.25) is 0 Å². The van der Waals surface area contributed by atoms with E-state index in [4.69, 9.17) is 6.58 Å². The molecule has 215 valence electrons. The maximum Gasteiger partial charge on any atom is -0.0348 e. The molecule has 0 spiro atoms. The smallest absolute Gasteiger partial charge is 0.0348 e. The van der Waals surface area contributed by atoms with E-state index in [9.17, 15) is 0 Å². The summed E-state index contributed by atoms with van der Waals surface area (Å²) >= 11 is 0. The number of allylic oxidation sites excluding steroid dienone is 1. The van der Waals surface area contributed by atoms with Gasteiger partial charge in [-0.2, -0.15) is 0 Å². The molecule has 0 bridgehead atoms. The fourth-order valence-electron chi connectivity index (χ4n) is 5.64. The molecular weight excluding hydrogens is 432 g/mol. The first-order valence-corrected chi connectivity index (χ1v) is 17.4. The molecule has 0 aliphatic heterocycles. The van der Waals surface area contributed by atoms with Crippen molar-refractivity contribution in [2.75, 3.05) is 0 Å².